The number of sulfonamides is 1. The Labute approximate surface area is 176 Å². The zero-order chi connectivity index (χ0) is 22.8. The molecule has 0 atom stereocenters. The molecular weight excluding hydrogens is 437 g/mol. The number of phenols is 1. The van der Waals surface area contributed by atoms with Gasteiger partial charge in [0.2, 0.25) is 10.0 Å². The first-order valence-corrected chi connectivity index (χ1v) is 11.0. The molecule has 1 saturated heterocycles. The number of nitrogens with two attached hydrogens (primary N) is 1. The molecule has 1 amide bonds. The average Bonchev–Trinajstić information content (AvgIpc) is 2.97. The number of aromatic nitrogens is 1. The minimum atomic E-state index is -4.71. The zero-order valence-corrected chi connectivity index (χ0v) is 17.1. The van der Waals surface area contributed by atoms with Crippen LogP contribution in [-0.4, -0.2) is 37.5 Å². The van der Waals surface area contributed by atoms with Crippen molar-refractivity contribution in [1.29, 1.82) is 0 Å². The number of alkyl halides is 3. The Morgan fingerprint density at radius 2 is 1.77 bits per heavy atom. The molecule has 168 valence electrons. The van der Waals surface area contributed by atoms with E-state index in [2.05, 4.69) is 10.3 Å². The van der Waals surface area contributed by atoms with Crippen molar-refractivity contribution in [3.8, 4) is 5.75 Å². The second-order valence-electron chi connectivity index (χ2n) is 7.17. The zero-order valence-electron chi connectivity index (χ0n) is 16.3. The van der Waals surface area contributed by atoms with Gasteiger partial charge in [0.15, 0.2) is 0 Å². The van der Waals surface area contributed by atoms with Gasteiger partial charge in [0.05, 0.1) is 21.7 Å². The Kier molecular flexibility index (Phi) is 6.41. The summed E-state index contributed by atoms with van der Waals surface area (Å²) in [5, 5.41) is 17.3. The Bertz CT molecular complexity index is 1080. The maximum absolute atomic E-state index is 13.2. The number of hydrogen-bond donors (Lipinski definition) is 3. The van der Waals surface area contributed by atoms with Crippen LogP contribution in [0.15, 0.2) is 35.4 Å². The van der Waals surface area contributed by atoms with E-state index in [9.17, 15) is 31.5 Å². The maximum atomic E-state index is 13.2. The Balaban J connectivity index is 2.02. The number of halogens is 3. The van der Waals surface area contributed by atoms with Gasteiger partial charge in [-0.05, 0) is 37.1 Å². The van der Waals surface area contributed by atoms with Gasteiger partial charge in [-0.25, -0.2) is 18.5 Å². The summed E-state index contributed by atoms with van der Waals surface area (Å²) in [5.74, 6) is -1.36. The van der Waals surface area contributed by atoms with Crippen molar-refractivity contribution in [3.05, 3.63) is 41.6 Å². The summed E-state index contributed by atoms with van der Waals surface area (Å²) in [6, 6.07) is 3.67. The Hall–Kier alpha value is -2.86. The molecule has 2 aromatic rings. The van der Waals surface area contributed by atoms with E-state index in [-0.39, 0.29) is 22.0 Å². The summed E-state index contributed by atoms with van der Waals surface area (Å²) in [7, 11) is -4.13. The highest BCUT2D eigenvalue weighted by atomic mass is 32.2. The number of pyridine rings is 1. The number of phenolic OH excluding ortho intramolecular Hbond substituents is 1. The molecule has 1 aromatic carbocycles. The lowest BCUT2D eigenvalue weighted by atomic mass is 10.1. The van der Waals surface area contributed by atoms with E-state index in [4.69, 9.17) is 5.14 Å². The lowest BCUT2D eigenvalue weighted by molar-refractivity contribution is -0.137. The minimum absolute atomic E-state index is 0.0921. The molecule has 0 aliphatic carbocycles. The third-order valence-electron chi connectivity index (χ3n) is 4.89. The topological polar surface area (TPSA) is 126 Å². The van der Waals surface area contributed by atoms with Crippen molar-refractivity contribution < 1.29 is 31.5 Å². The van der Waals surface area contributed by atoms with Gasteiger partial charge in [-0.3, -0.25) is 4.79 Å². The van der Waals surface area contributed by atoms with E-state index < -0.39 is 33.4 Å². The standard InChI is InChI=1S/C19H21F3N4O4S/c20-19(21,22)12-9-14(17(24-11-12)26-7-3-1-2-4-8-26)18(28)25-15-10-13(31(23,29)30)5-6-16(15)27/h5-6,9-11,27H,1-4,7-8H2,(H,25,28)(H2,23,29,30). The molecule has 1 aromatic heterocycles. The highest BCUT2D eigenvalue weighted by Crippen LogP contribution is 2.33. The van der Waals surface area contributed by atoms with Gasteiger partial charge in [-0.2, -0.15) is 13.2 Å². The second-order valence-corrected chi connectivity index (χ2v) is 8.73. The van der Waals surface area contributed by atoms with Gasteiger partial charge in [0, 0.05) is 19.3 Å². The van der Waals surface area contributed by atoms with Crippen LogP contribution in [0.3, 0.4) is 0 Å². The highest BCUT2D eigenvalue weighted by Gasteiger charge is 2.33. The van der Waals surface area contributed by atoms with E-state index in [0.29, 0.717) is 25.4 Å². The number of nitrogens with one attached hydrogen (secondary N) is 1. The van der Waals surface area contributed by atoms with Crippen molar-refractivity contribution in [3.63, 3.8) is 0 Å². The summed E-state index contributed by atoms with van der Waals surface area (Å²) >= 11 is 0. The third-order valence-corrected chi connectivity index (χ3v) is 5.80. The predicted molar refractivity (Wildman–Crippen MR) is 107 cm³/mol. The molecule has 0 spiro atoms. The molecule has 1 fully saturated rings. The SMILES string of the molecule is NS(=O)(=O)c1ccc(O)c(NC(=O)c2cc(C(F)(F)F)cnc2N2CCCCCC2)c1. The van der Waals surface area contributed by atoms with Crippen LogP contribution in [0, 0.1) is 0 Å². The molecule has 4 N–H and O–H groups in total. The summed E-state index contributed by atoms with van der Waals surface area (Å²) in [6.07, 6.45) is -0.493. The van der Waals surface area contributed by atoms with Gasteiger partial charge in [-0.1, -0.05) is 12.8 Å². The van der Waals surface area contributed by atoms with Crippen LogP contribution in [-0.2, 0) is 16.2 Å². The molecule has 3 rings (SSSR count). The number of amides is 1. The number of carbonyl (C=O) groups excluding carboxylic acids is 1. The number of rotatable bonds is 4. The molecular formula is C19H21F3N4O4S. The predicted octanol–water partition coefficient (Wildman–Crippen LogP) is 3.09. The highest BCUT2D eigenvalue weighted by molar-refractivity contribution is 7.89. The summed E-state index contributed by atoms with van der Waals surface area (Å²) in [5.41, 5.74) is -1.74. The second kappa shape index (κ2) is 8.71. The molecule has 8 nitrogen and oxygen atoms in total. The van der Waals surface area contributed by atoms with Gasteiger partial charge < -0.3 is 15.3 Å². The normalized spacial score (nSPS) is 15.4. The first-order valence-electron chi connectivity index (χ1n) is 9.46. The van der Waals surface area contributed by atoms with Crippen LogP contribution in [0.4, 0.5) is 24.7 Å². The number of anilines is 2. The van der Waals surface area contributed by atoms with Crippen LogP contribution in [0.1, 0.15) is 41.6 Å². The third kappa shape index (κ3) is 5.44. The van der Waals surface area contributed by atoms with Crippen LogP contribution in [0.2, 0.25) is 0 Å². The molecule has 0 unspecified atom stereocenters. The van der Waals surface area contributed by atoms with E-state index in [0.717, 1.165) is 43.9 Å². The maximum Gasteiger partial charge on any atom is 0.417 e. The monoisotopic (exact) mass is 458 g/mol. The number of nitrogens with zero attached hydrogens (tertiary/aromatic N) is 2. The number of aromatic hydroxyl groups is 1. The molecule has 0 saturated carbocycles. The fourth-order valence-electron chi connectivity index (χ4n) is 3.30. The van der Waals surface area contributed by atoms with Gasteiger partial charge >= 0.3 is 6.18 Å². The van der Waals surface area contributed by atoms with Crippen molar-refractivity contribution in [2.45, 2.75) is 36.8 Å². The van der Waals surface area contributed by atoms with Crippen molar-refractivity contribution >= 4 is 27.4 Å². The van der Waals surface area contributed by atoms with Crippen LogP contribution in [0.25, 0.3) is 0 Å². The van der Waals surface area contributed by atoms with Crippen molar-refractivity contribution in [2.75, 3.05) is 23.3 Å². The number of benzene rings is 1. The average molecular weight is 458 g/mol. The summed E-state index contributed by atoms with van der Waals surface area (Å²) in [6.45, 7) is 1.07. The number of primary sulfonamides is 1. The number of hydrogen-bond acceptors (Lipinski definition) is 6. The van der Waals surface area contributed by atoms with E-state index in [1.165, 1.54) is 0 Å². The Morgan fingerprint density at radius 3 is 2.35 bits per heavy atom. The van der Waals surface area contributed by atoms with Crippen molar-refractivity contribution in [2.24, 2.45) is 5.14 Å². The summed E-state index contributed by atoms with van der Waals surface area (Å²) in [4.78, 5) is 18.2. The lowest BCUT2D eigenvalue weighted by Gasteiger charge is -2.24. The van der Waals surface area contributed by atoms with Gasteiger partial charge in [0.1, 0.15) is 11.6 Å². The minimum Gasteiger partial charge on any atom is -0.506 e. The molecule has 0 radical (unpaired) electrons. The molecule has 1 aliphatic heterocycles. The van der Waals surface area contributed by atoms with E-state index in [1.54, 1.807) is 4.90 Å². The molecule has 12 heteroatoms. The molecule has 2 heterocycles. The fourth-order valence-corrected chi connectivity index (χ4v) is 3.84. The smallest absolute Gasteiger partial charge is 0.417 e. The number of carbonyl (C=O) groups is 1. The van der Waals surface area contributed by atoms with E-state index >= 15 is 0 Å². The van der Waals surface area contributed by atoms with Gasteiger partial charge in [0.25, 0.3) is 5.91 Å². The Morgan fingerprint density at radius 1 is 1.13 bits per heavy atom. The largest absolute Gasteiger partial charge is 0.506 e. The lowest BCUT2D eigenvalue weighted by Crippen LogP contribution is -2.29. The molecule has 0 bridgehead atoms. The van der Waals surface area contributed by atoms with Crippen LogP contribution in [0.5, 0.6) is 5.75 Å². The van der Waals surface area contributed by atoms with Crippen molar-refractivity contribution in [1.82, 2.24) is 4.98 Å². The van der Waals surface area contributed by atoms with E-state index in [1.807, 2.05) is 0 Å². The van der Waals surface area contributed by atoms with Crippen LogP contribution < -0.4 is 15.4 Å². The van der Waals surface area contributed by atoms with Crippen LogP contribution >= 0.6 is 0 Å². The quantitative estimate of drug-likeness (QED) is 0.605. The summed E-state index contributed by atoms with van der Waals surface area (Å²) < 4.78 is 62.8. The molecule has 31 heavy (non-hydrogen) atoms. The van der Waals surface area contributed by atoms with Gasteiger partial charge in [-0.15, -0.1) is 0 Å². The fraction of sp³-hybridized carbons (Fsp3) is 0.368. The molecule has 1 aliphatic rings. The first-order chi connectivity index (χ1) is 14.5. The first kappa shape index (κ1) is 22.8.